The second-order valence-corrected chi connectivity index (χ2v) is 7.46. The number of rotatable bonds is 6. The molecule has 1 aromatic carbocycles. The van der Waals surface area contributed by atoms with Crippen LogP contribution in [0.2, 0.25) is 0 Å². The molecule has 0 saturated carbocycles. The van der Waals surface area contributed by atoms with Gasteiger partial charge in [-0.1, -0.05) is 49.3 Å². The smallest absolute Gasteiger partial charge is 0.00162 e. The van der Waals surface area contributed by atoms with Crippen molar-refractivity contribution in [2.75, 3.05) is 39.3 Å². The summed E-state index contributed by atoms with van der Waals surface area (Å²) in [5.41, 5.74) is 0. The number of piperidine rings is 2. The van der Waals surface area contributed by atoms with Gasteiger partial charge in [0.05, 0.1) is 0 Å². The second-order valence-electron chi connectivity index (χ2n) is 7.46. The SMILES string of the molecule is C(CCN1CCCCC1)=c1ccc(=CCCN2CCCCC2)cc1. The summed E-state index contributed by atoms with van der Waals surface area (Å²) in [5, 5.41) is 2.75. The lowest BCUT2D eigenvalue weighted by molar-refractivity contribution is 0.234. The second kappa shape index (κ2) is 10.0. The van der Waals surface area contributed by atoms with Crippen LogP contribution >= 0.6 is 0 Å². The first-order valence-corrected chi connectivity index (χ1v) is 10.1. The van der Waals surface area contributed by atoms with Gasteiger partial charge in [0.25, 0.3) is 0 Å². The van der Waals surface area contributed by atoms with Crippen LogP contribution in [0, 0.1) is 0 Å². The van der Waals surface area contributed by atoms with E-state index >= 15 is 0 Å². The van der Waals surface area contributed by atoms with Crippen LogP contribution in [0.5, 0.6) is 0 Å². The minimum absolute atomic E-state index is 1.18. The maximum Gasteiger partial charge on any atom is 0.00162 e. The molecule has 0 aromatic heterocycles. The number of likely N-dealkylation sites (tertiary alicyclic amines) is 2. The highest BCUT2D eigenvalue weighted by Crippen LogP contribution is 2.09. The Labute approximate surface area is 147 Å². The highest BCUT2D eigenvalue weighted by atomic mass is 15.1. The maximum atomic E-state index is 2.61. The van der Waals surface area contributed by atoms with Crippen molar-refractivity contribution in [3.63, 3.8) is 0 Å². The van der Waals surface area contributed by atoms with Gasteiger partial charge in [0.15, 0.2) is 0 Å². The van der Waals surface area contributed by atoms with Crippen molar-refractivity contribution in [2.45, 2.75) is 51.4 Å². The molecule has 0 aliphatic carbocycles. The quantitative estimate of drug-likeness (QED) is 0.793. The molecule has 0 atom stereocenters. The molecule has 2 saturated heterocycles. The maximum absolute atomic E-state index is 2.61. The van der Waals surface area contributed by atoms with Crippen LogP contribution in [0.4, 0.5) is 0 Å². The van der Waals surface area contributed by atoms with Crippen LogP contribution < -0.4 is 10.4 Å². The number of nitrogens with zero attached hydrogens (tertiary/aromatic N) is 2. The summed E-state index contributed by atoms with van der Waals surface area (Å²) in [6.07, 6.45) is 15.6. The summed E-state index contributed by atoms with van der Waals surface area (Å²) >= 11 is 0. The van der Waals surface area contributed by atoms with Gasteiger partial charge < -0.3 is 9.80 Å². The molecule has 2 aliphatic rings. The van der Waals surface area contributed by atoms with E-state index < -0.39 is 0 Å². The Balaban J connectivity index is 1.43. The van der Waals surface area contributed by atoms with Crippen LogP contribution in [-0.4, -0.2) is 49.1 Å². The summed E-state index contributed by atoms with van der Waals surface area (Å²) in [4.78, 5) is 5.23. The lowest BCUT2D eigenvalue weighted by Gasteiger charge is -2.25. The summed E-state index contributed by atoms with van der Waals surface area (Å²) < 4.78 is 0. The number of hydrogen-bond donors (Lipinski definition) is 0. The Hall–Kier alpha value is -1.12. The molecule has 3 rings (SSSR count). The topological polar surface area (TPSA) is 6.48 Å². The van der Waals surface area contributed by atoms with Gasteiger partial charge in [-0.05, 0) is 75.1 Å². The minimum Gasteiger partial charge on any atom is -0.303 e. The normalized spacial score (nSPS) is 20.0. The van der Waals surface area contributed by atoms with Gasteiger partial charge in [-0.25, -0.2) is 0 Å². The van der Waals surface area contributed by atoms with Crippen molar-refractivity contribution in [2.24, 2.45) is 0 Å². The summed E-state index contributed by atoms with van der Waals surface area (Å²) in [6, 6.07) is 9.12. The molecule has 0 spiro atoms. The first-order valence-electron chi connectivity index (χ1n) is 10.1. The average molecular weight is 327 g/mol. The zero-order valence-electron chi connectivity index (χ0n) is 15.3. The molecule has 0 radical (unpaired) electrons. The Morgan fingerprint density at radius 2 is 0.958 bits per heavy atom. The fourth-order valence-electron chi connectivity index (χ4n) is 3.96. The van der Waals surface area contributed by atoms with Crippen LogP contribution in [-0.2, 0) is 0 Å². The van der Waals surface area contributed by atoms with Crippen molar-refractivity contribution in [1.29, 1.82) is 0 Å². The van der Waals surface area contributed by atoms with Gasteiger partial charge in [0.2, 0.25) is 0 Å². The van der Waals surface area contributed by atoms with E-state index in [9.17, 15) is 0 Å². The predicted molar refractivity (Wildman–Crippen MR) is 104 cm³/mol. The van der Waals surface area contributed by atoms with Crippen LogP contribution in [0.3, 0.4) is 0 Å². The molecule has 2 fully saturated rings. The largest absolute Gasteiger partial charge is 0.303 e. The lowest BCUT2D eigenvalue weighted by Crippen LogP contribution is -2.30. The van der Waals surface area contributed by atoms with E-state index in [0.29, 0.717) is 0 Å². The van der Waals surface area contributed by atoms with E-state index in [4.69, 9.17) is 0 Å². The molecule has 0 unspecified atom stereocenters. The van der Waals surface area contributed by atoms with Crippen LogP contribution in [0.25, 0.3) is 12.2 Å². The summed E-state index contributed by atoms with van der Waals surface area (Å²) in [6.45, 7) is 7.67. The van der Waals surface area contributed by atoms with Gasteiger partial charge >= 0.3 is 0 Å². The minimum atomic E-state index is 1.18. The molecule has 0 N–H and O–H groups in total. The number of hydrogen-bond acceptors (Lipinski definition) is 2. The van der Waals surface area contributed by atoms with E-state index in [2.05, 4.69) is 46.2 Å². The average Bonchev–Trinajstić information content (AvgIpc) is 2.65. The molecule has 132 valence electrons. The lowest BCUT2D eigenvalue weighted by atomic mass is 10.1. The van der Waals surface area contributed by atoms with Crippen LogP contribution in [0.15, 0.2) is 24.3 Å². The van der Waals surface area contributed by atoms with Crippen molar-refractivity contribution in [3.05, 3.63) is 34.7 Å². The predicted octanol–water partition coefficient (Wildman–Crippen LogP) is 3.00. The van der Waals surface area contributed by atoms with E-state index in [1.807, 2.05) is 0 Å². The Bertz CT molecular complexity index is 504. The van der Waals surface area contributed by atoms with E-state index in [-0.39, 0.29) is 0 Å². The standard InChI is InChI=1S/C22H34N2/c1-3-15-23(16-4-1)19-7-9-21-11-13-22(14-12-21)10-8-20-24-17-5-2-6-18-24/h9-14H,1-8,15-20H2. The molecule has 2 heteroatoms. The van der Waals surface area contributed by atoms with Gasteiger partial charge in [0, 0.05) is 13.1 Å². The third kappa shape index (κ3) is 6.07. The van der Waals surface area contributed by atoms with Crippen molar-refractivity contribution in [1.82, 2.24) is 9.80 Å². The third-order valence-corrected chi connectivity index (χ3v) is 5.48. The van der Waals surface area contributed by atoms with E-state index in [1.54, 1.807) is 0 Å². The van der Waals surface area contributed by atoms with Crippen molar-refractivity contribution in [3.8, 4) is 0 Å². The first-order chi connectivity index (χ1) is 11.9. The summed E-state index contributed by atoms with van der Waals surface area (Å²) in [7, 11) is 0. The van der Waals surface area contributed by atoms with Crippen molar-refractivity contribution >= 4 is 12.2 Å². The van der Waals surface area contributed by atoms with E-state index in [1.165, 1.54) is 101 Å². The molecule has 2 aliphatic heterocycles. The molecule has 24 heavy (non-hydrogen) atoms. The first kappa shape index (κ1) is 17.7. The fraction of sp³-hybridized carbons (Fsp3) is 0.636. The molecule has 2 nitrogen and oxygen atoms in total. The summed E-state index contributed by atoms with van der Waals surface area (Å²) in [5.74, 6) is 0. The molecule has 2 heterocycles. The number of benzene rings is 1. The molecular weight excluding hydrogens is 292 g/mol. The Kier molecular flexibility index (Phi) is 7.38. The van der Waals surface area contributed by atoms with Gasteiger partial charge in [-0.3, -0.25) is 0 Å². The zero-order valence-corrected chi connectivity index (χ0v) is 15.3. The van der Waals surface area contributed by atoms with E-state index in [0.717, 1.165) is 0 Å². The highest BCUT2D eigenvalue weighted by molar-refractivity contribution is 5.28. The molecule has 0 amide bonds. The molecule has 1 aromatic rings. The molecule has 0 bridgehead atoms. The zero-order chi connectivity index (χ0) is 16.5. The van der Waals surface area contributed by atoms with Crippen LogP contribution in [0.1, 0.15) is 51.4 Å². The van der Waals surface area contributed by atoms with Gasteiger partial charge in [-0.2, -0.15) is 0 Å². The molecular formula is C22H34N2. The highest BCUT2D eigenvalue weighted by Gasteiger charge is 2.08. The van der Waals surface area contributed by atoms with Gasteiger partial charge in [-0.15, -0.1) is 0 Å². The van der Waals surface area contributed by atoms with Crippen molar-refractivity contribution < 1.29 is 0 Å². The Morgan fingerprint density at radius 3 is 1.33 bits per heavy atom. The van der Waals surface area contributed by atoms with Gasteiger partial charge in [0.1, 0.15) is 0 Å². The Morgan fingerprint density at radius 1 is 0.583 bits per heavy atom. The third-order valence-electron chi connectivity index (χ3n) is 5.48. The monoisotopic (exact) mass is 326 g/mol. The fourth-order valence-corrected chi connectivity index (χ4v) is 3.96.